The Balaban J connectivity index is 1.69. The number of rotatable bonds is 7. The predicted octanol–water partition coefficient (Wildman–Crippen LogP) is 2.86. The minimum atomic E-state index is -0.0540. The number of amides is 1. The standard InChI is InChI=1S/C17H22N4O3/c1-10(11-4-5-11)8-15(22)18-17-19-16(20-21-17)13-7-6-12(23-2)9-14(13)24-3/h6-7,9-11H,4-5,8H2,1-3H3,(H2,18,19,20,21,22). The number of benzene rings is 1. The molecular weight excluding hydrogens is 308 g/mol. The van der Waals surface area contributed by atoms with E-state index in [1.54, 1.807) is 20.3 Å². The van der Waals surface area contributed by atoms with Crippen molar-refractivity contribution in [1.82, 2.24) is 15.2 Å². The minimum Gasteiger partial charge on any atom is -0.497 e. The number of H-pyrrole nitrogens is 1. The van der Waals surface area contributed by atoms with Crippen LogP contribution < -0.4 is 14.8 Å². The van der Waals surface area contributed by atoms with Gasteiger partial charge in [0.2, 0.25) is 11.9 Å². The zero-order valence-electron chi connectivity index (χ0n) is 14.1. The van der Waals surface area contributed by atoms with Crippen molar-refractivity contribution in [2.75, 3.05) is 19.5 Å². The van der Waals surface area contributed by atoms with E-state index in [2.05, 4.69) is 27.4 Å². The van der Waals surface area contributed by atoms with E-state index in [4.69, 9.17) is 9.47 Å². The molecule has 0 bridgehead atoms. The van der Waals surface area contributed by atoms with E-state index in [-0.39, 0.29) is 11.9 Å². The first-order valence-corrected chi connectivity index (χ1v) is 8.05. The van der Waals surface area contributed by atoms with Gasteiger partial charge in [0.25, 0.3) is 0 Å². The van der Waals surface area contributed by atoms with Gasteiger partial charge in [-0.3, -0.25) is 15.2 Å². The normalized spacial score (nSPS) is 15.0. The lowest BCUT2D eigenvalue weighted by atomic mass is 10.0. The van der Waals surface area contributed by atoms with Gasteiger partial charge in [0.15, 0.2) is 5.82 Å². The second-order valence-corrected chi connectivity index (χ2v) is 6.14. The van der Waals surface area contributed by atoms with Crippen LogP contribution in [0, 0.1) is 11.8 Å². The van der Waals surface area contributed by atoms with Gasteiger partial charge < -0.3 is 9.47 Å². The number of hydrogen-bond acceptors (Lipinski definition) is 5. The van der Waals surface area contributed by atoms with Crippen molar-refractivity contribution in [3.05, 3.63) is 18.2 Å². The van der Waals surface area contributed by atoms with Crippen molar-refractivity contribution < 1.29 is 14.3 Å². The van der Waals surface area contributed by atoms with E-state index in [1.807, 2.05) is 12.1 Å². The molecule has 1 aliphatic carbocycles. The number of carbonyl (C=O) groups is 1. The largest absolute Gasteiger partial charge is 0.497 e. The number of carbonyl (C=O) groups excluding carboxylic acids is 1. The molecule has 1 atom stereocenters. The Morgan fingerprint density at radius 3 is 2.83 bits per heavy atom. The van der Waals surface area contributed by atoms with Gasteiger partial charge in [-0.05, 0) is 36.8 Å². The molecular formula is C17H22N4O3. The highest BCUT2D eigenvalue weighted by Gasteiger charge is 2.29. The highest BCUT2D eigenvalue weighted by molar-refractivity contribution is 5.89. The number of nitrogens with zero attached hydrogens (tertiary/aromatic N) is 2. The molecule has 0 spiro atoms. The molecule has 1 unspecified atom stereocenters. The molecule has 3 rings (SSSR count). The fourth-order valence-corrected chi connectivity index (χ4v) is 2.73. The lowest BCUT2D eigenvalue weighted by Crippen LogP contribution is -2.16. The van der Waals surface area contributed by atoms with Crippen LogP contribution in [-0.4, -0.2) is 35.3 Å². The average Bonchev–Trinajstić information content (AvgIpc) is 3.34. The van der Waals surface area contributed by atoms with Gasteiger partial charge in [0.05, 0.1) is 19.8 Å². The van der Waals surface area contributed by atoms with Crippen molar-refractivity contribution in [2.45, 2.75) is 26.2 Å². The Labute approximate surface area is 140 Å². The van der Waals surface area contributed by atoms with Crippen LogP contribution in [-0.2, 0) is 4.79 Å². The summed E-state index contributed by atoms with van der Waals surface area (Å²) in [4.78, 5) is 16.4. The summed E-state index contributed by atoms with van der Waals surface area (Å²) in [5, 5.41) is 9.64. The van der Waals surface area contributed by atoms with E-state index in [0.29, 0.717) is 35.6 Å². The highest BCUT2D eigenvalue weighted by atomic mass is 16.5. The van der Waals surface area contributed by atoms with Crippen LogP contribution in [0.2, 0.25) is 0 Å². The number of aromatic nitrogens is 3. The molecule has 2 N–H and O–H groups in total. The van der Waals surface area contributed by atoms with E-state index in [9.17, 15) is 4.79 Å². The quantitative estimate of drug-likeness (QED) is 0.815. The molecule has 0 aliphatic heterocycles. The highest BCUT2D eigenvalue weighted by Crippen LogP contribution is 2.38. The Kier molecular flexibility index (Phi) is 4.69. The maximum atomic E-state index is 12.1. The first-order valence-electron chi connectivity index (χ1n) is 8.05. The number of methoxy groups -OCH3 is 2. The summed E-state index contributed by atoms with van der Waals surface area (Å²) in [6.45, 7) is 2.11. The summed E-state index contributed by atoms with van der Waals surface area (Å²) >= 11 is 0. The maximum absolute atomic E-state index is 12.1. The molecule has 24 heavy (non-hydrogen) atoms. The third kappa shape index (κ3) is 3.67. The van der Waals surface area contributed by atoms with E-state index in [0.717, 1.165) is 5.56 Å². The van der Waals surface area contributed by atoms with Crippen LogP contribution >= 0.6 is 0 Å². The number of hydrogen-bond donors (Lipinski definition) is 2. The molecule has 0 radical (unpaired) electrons. The van der Waals surface area contributed by atoms with Crippen molar-refractivity contribution in [3.63, 3.8) is 0 Å². The average molecular weight is 330 g/mol. The molecule has 1 aliphatic rings. The molecule has 7 heteroatoms. The number of aromatic amines is 1. The molecule has 1 saturated carbocycles. The molecule has 1 heterocycles. The first kappa shape index (κ1) is 16.3. The first-order chi connectivity index (χ1) is 11.6. The lowest BCUT2D eigenvalue weighted by Gasteiger charge is -2.08. The number of ether oxygens (including phenoxy) is 2. The third-order valence-electron chi connectivity index (χ3n) is 4.33. The molecule has 2 aromatic rings. The van der Waals surface area contributed by atoms with Crippen molar-refractivity contribution in [1.29, 1.82) is 0 Å². The smallest absolute Gasteiger partial charge is 0.249 e. The molecule has 0 saturated heterocycles. The van der Waals surface area contributed by atoms with Gasteiger partial charge in [0, 0.05) is 12.5 Å². The van der Waals surface area contributed by atoms with Crippen LogP contribution in [0.25, 0.3) is 11.4 Å². The number of anilines is 1. The SMILES string of the molecule is COc1ccc(-c2nc(NC(=O)CC(C)C3CC3)n[nH]2)c(OC)c1. The fourth-order valence-electron chi connectivity index (χ4n) is 2.73. The zero-order chi connectivity index (χ0) is 17.1. The van der Waals surface area contributed by atoms with Gasteiger partial charge in [-0.2, -0.15) is 4.98 Å². The van der Waals surface area contributed by atoms with Gasteiger partial charge >= 0.3 is 0 Å². The van der Waals surface area contributed by atoms with Crippen LogP contribution in [0.3, 0.4) is 0 Å². The minimum absolute atomic E-state index is 0.0540. The molecule has 7 nitrogen and oxygen atoms in total. The molecule has 1 amide bonds. The summed E-state index contributed by atoms with van der Waals surface area (Å²) in [6.07, 6.45) is 2.97. The summed E-state index contributed by atoms with van der Waals surface area (Å²) in [7, 11) is 3.18. The Morgan fingerprint density at radius 1 is 1.38 bits per heavy atom. The van der Waals surface area contributed by atoms with E-state index in [1.165, 1.54) is 12.8 Å². The fraction of sp³-hybridized carbons (Fsp3) is 0.471. The van der Waals surface area contributed by atoms with Crippen molar-refractivity contribution in [3.8, 4) is 22.9 Å². The van der Waals surface area contributed by atoms with Crippen LogP contribution in [0.1, 0.15) is 26.2 Å². The zero-order valence-corrected chi connectivity index (χ0v) is 14.1. The molecule has 1 aromatic heterocycles. The second kappa shape index (κ2) is 6.90. The Bertz CT molecular complexity index is 724. The molecule has 1 fully saturated rings. The van der Waals surface area contributed by atoms with Crippen LogP contribution in [0.4, 0.5) is 5.95 Å². The topological polar surface area (TPSA) is 89.1 Å². The number of nitrogens with one attached hydrogen (secondary N) is 2. The molecule has 128 valence electrons. The Morgan fingerprint density at radius 2 is 2.17 bits per heavy atom. The summed E-state index contributed by atoms with van der Waals surface area (Å²) in [5.41, 5.74) is 0.748. The lowest BCUT2D eigenvalue weighted by molar-refractivity contribution is -0.117. The van der Waals surface area contributed by atoms with Gasteiger partial charge in [-0.25, -0.2) is 0 Å². The summed E-state index contributed by atoms with van der Waals surface area (Å²) < 4.78 is 10.5. The molecule has 1 aromatic carbocycles. The third-order valence-corrected chi connectivity index (χ3v) is 4.33. The summed E-state index contributed by atoms with van der Waals surface area (Å²) in [6, 6.07) is 5.42. The van der Waals surface area contributed by atoms with Gasteiger partial charge in [-0.15, -0.1) is 5.10 Å². The van der Waals surface area contributed by atoms with Gasteiger partial charge in [0.1, 0.15) is 11.5 Å². The summed E-state index contributed by atoms with van der Waals surface area (Å²) in [5.74, 6) is 3.16. The van der Waals surface area contributed by atoms with Crippen LogP contribution in [0.5, 0.6) is 11.5 Å². The maximum Gasteiger partial charge on any atom is 0.249 e. The van der Waals surface area contributed by atoms with E-state index < -0.39 is 0 Å². The van der Waals surface area contributed by atoms with Crippen LogP contribution in [0.15, 0.2) is 18.2 Å². The Hall–Kier alpha value is -2.57. The van der Waals surface area contributed by atoms with Crippen molar-refractivity contribution in [2.24, 2.45) is 11.8 Å². The van der Waals surface area contributed by atoms with Crippen molar-refractivity contribution >= 4 is 11.9 Å². The monoisotopic (exact) mass is 330 g/mol. The van der Waals surface area contributed by atoms with Gasteiger partial charge in [-0.1, -0.05) is 6.92 Å². The predicted molar refractivity (Wildman–Crippen MR) is 90.1 cm³/mol. The van der Waals surface area contributed by atoms with E-state index >= 15 is 0 Å². The second-order valence-electron chi connectivity index (χ2n) is 6.14.